The Morgan fingerprint density at radius 2 is 2.06 bits per heavy atom. The fraction of sp³-hybridized carbons (Fsp3) is 0.917. The minimum Gasteiger partial charge on any atom is -0.465 e. The molecule has 0 spiro atoms. The zero-order valence-electron chi connectivity index (χ0n) is 9.96. The molecule has 0 radical (unpaired) electrons. The molecule has 1 saturated carbocycles. The lowest BCUT2D eigenvalue weighted by Gasteiger charge is -2.25. The number of hydrogen-bond acceptors (Lipinski definition) is 4. The van der Waals surface area contributed by atoms with E-state index >= 15 is 0 Å². The Hall–Kier alpha value is -0.610. The van der Waals surface area contributed by atoms with E-state index in [2.05, 4.69) is 5.32 Å². The second-order valence-electron chi connectivity index (χ2n) is 4.76. The topological polar surface area (TPSA) is 47.6 Å². The summed E-state index contributed by atoms with van der Waals surface area (Å²) in [6, 6.07) is 0. The number of rotatable bonds is 5. The summed E-state index contributed by atoms with van der Waals surface area (Å²) in [6.07, 6.45) is 4.29. The van der Waals surface area contributed by atoms with Crippen LogP contribution in [0.4, 0.5) is 0 Å². The van der Waals surface area contributed by atoms with Gasteiger partial charge >= 0.3 is 5.97 Å². The van der Waals surface area contributed by atoms with Crippen LogP contribution in [-0.4, -0.2) is 38.4 Å². The van der Waals surface area contributed by atoms with Crippen molar-refractivity contribution in [2.75, 3.05) is 26.3 Å². The van der Waals surface area contributed by atoms with Crippen molar-refractivity contribution in [2.24, 2.45) is 5.41 Å². The van der Waals surface area contributed by atoms with Crippen LogP contribution in [0.15, 0.2) is 0 Å². The molecule has 4 nitrogen and oxygen atoms in total. The standard InChI is InChI=1S/C12H21NO3/c1-2-15-11(14)12(5-6-12)9-16-10-3-7-13-8-4-10/h10,13H,2-9H2,1H3. The summed E-state index contributed by atoms with van der Waals surface area (Å²) in [4.78, 5) is 11.7. The van der Waals surface area contributed by atoms with Gasteiger partial charge in [-0.2, -0.15) is 0 Å². The summed E-state index contributed by atoms with van der Waals surface area (Å²) < 4.78 is 10.9. The Kier molecular flexibility index (Phi) is 3.82. The van der Waals surface area contributed by atoms with Crippen molar-refractivity contribution in [3.05, 3.63) is 0 Å². The van der Waals surface area contributed by atoms with Crippen molar-refractivity contribution in [1.82, 2.24) is 5.32 Å². The van der Waals surface area contributed by atoms with Crippen molar-refractivity contribution in [2.45, 2.75) is 38.7 Å². The molecule has 0 unspecified atom stereocenters. The van der Waals surface area contributed by atoms with Gasteiger partial charge in [0.15, 0.2) is 0 Å². The first kappa shape index (κ1) is 11.9. The maximum Gasteiger partial charge on any atom is 0.314 e. The fourth-order valence-electron chi connectivity index (χ4n) is 2.08. The first-order chi connectivity index (χ1) is 7.77. The average Bonchev–Trinajstić information content (AvgIpc) is 3.09. The highest BCUT2D eigenvalue weighted by atomic mass is 16.5. The van der Waals surface area contributed by atoms with Gasteiger partial charge in [0.2, 0.25) is 0 Å². The van der Waals surface area contributed by atoms with E-state index < -0.39 is 0 Å². The van der Waals surface area contributed by atoms with Crippen LogP contribution in [0.25, 0.3) is 0 Å². The normalized spacial score (nSPS) is 24.1. The van der Waals surface area contributed by atoms with Crippen LogP contribution in [-0.2, 0) is 14.3 Å². The number of carbonyl (C=O) groups excluding carboxylic acids is 1. The van der Waals surface area contributed by atoms with Crippen LogP contribution < -0.4 is 5.32 Å². The van der Waals surface area contributed by atoms with Gasteiger partial charge in [-0.3, -0.25) is 4.79 Å². The third-order valence-electron chi connectivity index (χ3n) is 3.44. The van der Waals surface area contributed by atoms with Crippen LogP contribution >= 0.6 is 0 Å². The lowest BCUT2D eigenvalue weighted by molar-refractivity contribution is -0.153. The molecular weight excluding hydrogens is 206 g/mol. The van der Waals surface area contributed by atoms with E-state index in [-0.39, 0.29) is 11.4 Å². The van der Waals surface area contributed by atoms with Crippen molar-refractivity contribution >= 4 is 5.97 Å². The van der Waals surface area contributed by atoms with Gasteiger partial charge in [0, 0.05) is 0 Å². The van der Waals surface area contributed by atoms with Crippen LogP contribution in [0, 0.1) is 5.41 Å². The van der Waals surface area contributed by atoms with Crippen molar-refractivity contribution < 1.29 is 14.3 Å². The molecule has 1 heterocycles. The molecular formula is C12H21NO3. The predicted molar refractivity (Wildman–Crippen MR) is 60.1 cm³/mol. The molecule has 92 valence electrons. The fourth-order valence-corrected chi connectivity index (χ4v) is 2.08. The first-order valence-corrected chi connectivity index (χ1v) is 6.26. The molecule has 0 atom stereocenters. The Morgan fingerprint density at radius 3 is 2.62 bits per heavy atom. The average molecular weight is 227 g/mol. The Morgan fingerprint density at radius 1 is 1.38 bits per heavy atom. The summed E-state index contributed by atoms with van der Waals surface area (Å²) in [5.74, 6) is -0.0658. The SMILES string of the molecule is CCOC(=O)C1(COC2CCNCC2)CC1. The predicted octanol–water partition coefficient (Wildman–Crippen LogP) is 1.10. The lowest BCUT2D eigenvalue weighted by Crippen LogP contribution is -2.35. The number of piperidine rings is 1. The van der Waals surface area contributed by atoms with Gasteiger partial charge in [-0.1, -0.05) is 0 Å². The van der Waals surface area contributed by atoms with Gasteiger partial charge in [-0.25, -0.2) is 0 Å². The maximum absolute atomic E-state index is 11.7. The molecule has 2 aliphatic rings. The van der Waals surface area contributed by atoms with E-state index in [1.54, 1.807) is 0 Å². The number of carbonyl (C=O) groups is 1. The quantitative estimate of drug-likeness (QED) is 0.714. The largest absolute Gasteiger partial charge is 0.465 e. The van der Waals surface area contributed by atoms with E-state index in [1.165, 1.54) is 0 Å². The smallest absolute Gasteiger partial charge is 0.314 e. The lowest BCUT2D eigenvalue weighted by atomic mass is 10.1. The van der Waals surface area contributed by atoms with Crippen LogP contribution in [0.1, 0.15) is 32.6 Å². The minimum atomic E-state index is -0.291. The molecule has 1 aliphatic heterocycles. The number of ether oxygens (including phenoxy) is 2. The van der Waals surface area contributed by atoms with Gasteiger partial charge < -0.3 is 14.8 Å². The van der Waals surface area contributed by atoms with Gasteiger partial charge in [0.25, 0.3) is 0 Å². The molecule has 1 N–H and O–H groups in total. The molecule has 0 amide bonds. The number of esters is 1. The molecule has 2 fully saturated rings. The Labute approximate surface area is 96.7 Å². The molecule has 0 aromatic rings. The van der Waals surface area contributed by atoms with Crippen LogP contribution in [0.3, 0.4) is 0 Å². The van der Waals surface area contributed by atoms with Crippen molar-refractivity contribution in [3.8, 4) is 0 Å². The summed E-state index contributed by atoms with van der Waals surface area (Å²) in [7, 11) is 0. The molecule has 0 bridgehead atoms. The number of hydrogen-bond donors (Lipinski definition) is 1. The van der Waals surface area contributed by atoms with Crippen LogP contribution in [0.2, 0.25) is 0 Å². The summed E-state index contributed by atoms with van der Waals surface area (Å²) in [5.41, 5.74) is -0.291. The maximum atomic E-state index is 11.7. The minimum absolute atomic E-state index is 0.0658. The van der Waals surface area contributed by atoms with E-state index in [9.17, 15) is 4.79 Å². The van der Waals surface area contributed by atoms with Crippen molar-refractivity contribution in [1.29, 1.82) is 0 Å². The Balaban J connectivity index is 1.74. The highest BCUT2D eigenvalue weighted by molar-refractivity contribution is 5.80. The van der Waals surface area contributed by atoms with Crippen molar-refractivity contribution in [3.63, 3.8) is 0 Å². The molecule has 1 saturated heterocycles. The Bertz CT molecular complexity index is 245. The number of nitrogens with one attached hydrogen (secondary N) is 1. The zero-order chi connectivity index (χ0) is 11.4. The van der Waals surface area contributed by atoms with E-state index in [1.807, 2.05) is 6.92 Å². The highest BCUT2D eigenvalue weighted by Gasteiger charge is 2.51. The molecule has 1 aliphatic carbocycles. The molecule has 0 aromatic heterocycles. The third-order valence-corrected chi connectivity index (χ3v) is 3.44. The van der Waals surface area contributed by atoms with Crippen LogP contribution in [0.5, 0.6) is 0 Å². The second kappa shape index (κ2) is 5.15. The van der Waals surface area contributed by atoms with Gasteiger partial charge in [-0.15, -0.1) is 0 Å². The molecule has 4 heteroatoms. The highest BCUT2D eigenvalue weighted by Crippen LogP contribution is 2.47. The molecule has 0 aromatic carbocycles. The van der Waals surface area contributed by atoms with E-state index in [4.69, 9.17) is 9.47 Å². The summed E-state index contributed by atoms with van der Waals surface area (Å²) >= 11 is 0. The van der Waals surface area contributed by atoms with Gasteiger partial charge in [0.05, 0.1) is 24.7 Å². The summed E-state index contributed by atoms with van der Waals surface area (Å²) in [6.45, 7) is 4.92. The van der Waals surface area contributed by atoms with E-state index in [0.29, 0.717) is 19.3 Å². The second-order valence-corrected chi connectivity index (χ2v) is 4.76. The summed E-state index contributed by atoms with van der Waals surface area (Å²) in [5, 5.41) is 3.30. The first-order valence-electron chi connectivity index (χ1n) is 6.26. The monoisotopic (exact) mass is 227 g/mol. The van der Waals surface area contributed by atoms with E-state index in [0.717, 1.165) is 38.8 Å². The molecule has 16 heavy (non-hydrogen) atoms. The molecule has 2 rings (SSSR count). The zero-order valence-corrected chi connectivity index (χ0v) is 9.96. The van der Waals surface area contributed by atoms with Gasteiger partial charge in [0.1, 0.15) is 0 Å². The van der Waals surface area contributed by atoms with Gasteiger partial charge in [-0.05, 0) is 45.7 Å². The third kappa shape index (κ3) is 2.74.